The molecule has 0 aliphatic carbocycles. The van der Waals surface area contributed by atoms with Crippen molar-refractivity contribution in [3.8, 4) is 5.75 Å². The van der Waals surface area contributed by atoms with Gasteiger partial charge in [-0.1, -0.05) is 30.3 Å². The Labute approximate surface area is 162 Å². The first kappa shape index (κ1) is 21.1. The zero-order valence-corrected chi connectivity index (χ0v) is 15.8. The molecule has 28 heavy (non-hydrogen) atoms. The van der Waals surface area contributed by atoms with Crippen LogP contribution in [0.15, 0.2) is 48.5 Å². The molecule has 1 unspecified atom stereocenters. The SMILES string of the molecule is CC=O.Cc1cc(OCC(=O)N2C(=O)OCC2Cc2ccccc2)ccc1F. The topological polar surface area (TPSA) is 72.9 Å². The maximum atomic E-state index is 13.3. The van der Waals surface area contributed by atoms with Gasteiger partial charge in [-0.2, -0.15) is 0 Å². The predicted molar refractivity (Wildman–Crippen MR) is 100 cm³/mol. The third kappa shape index (κ3) is 5.64. The van der Waals surface area contributed by atoms with Gasteiger partial charge in [0.1, 0.15) is 24.5 Å². The Balaban J connectivity index is 0.000000878. The standard InChI is InChI=1S/C19H18FNO4.C2H4O/c1-13-9-16(7-8-17(13)20)24-12-18(22)21-15(11-25-19(21)23)10-14-5-3-2-4-6-14;1-2-3/h2-9,15H,10-12H2,1H3;2H,1H3. The van der Waals surface area contributed by atoms with Crippen LogP contribution in [0.5, 0.6) is 5.75 Å². The number of amides is 2. The van der Waals surface area contributed by atoms with Gasteiger partial charge in [-0.15, -0.1) is 0 Å². The Morgan fingerprint density at radius 2 is 1.96 bits per heavy atom. The molecule has 1 heterocycles. The number of hydrogen-bond donors (Lipinski definition) is 0. The fourth-order valence-corrected chi connectivity index (χ4v) is 2.72. The second-order valence-electron chi connectivity index (χ2n) is 6.12. The number of carbonyl (C=O) groups is 3. The number of aryl methyl sites for hydroxylation is 1. The van der Waals surface area contributed by atoms with Gasteiger partial charge in [0.15, 0.2) is 6.61 Å². The summed E-state index contributed by atoms with van der Waals surface area (Å²) < 4.78 is 23.7. The zero-order valence-electron chi connectivity index (χ0n) is 15.8. The number of benzene rings is 2. The molecule has 0 saturated carbocycles. The Kier molecular flexibility index (Phi) is 7.68. The Morgan fingerprint density at radius 3 is 2.61 bits per heavy atom. The molecular weight excluding hydrogens is 365 g/mol. The monoisotopic (exact) mass is 387 g/mol. The van der Waals surface area contributed by atoms with E-state index in [1.165, 1.54) is 25.1 Å². The van der Waals surface area contributed by atoms with Crippen molar-refractivity contribution in [2.75, 3.05) is 13.2 Å². The van der Waals surface area contributed by atoms with E-state index in [9.17, 15) is 14.0 Å². The van der Waals surface area contributed by atoms with E-state index in [2.05, 4.69) is 0 Å². The van der Waals surface area contributed by atoms with Crippen LogP contribution in [-0.4, -0.2) is 42.4 Å². The molecule has 1 atom stereocenters. The molecule has 0 aromatic heterocycles. The summed E-state index contributed by atoms with van der Waals surface area (Å²) in [6.07, 6.45) is 0.610. The molecule has 7 heteroatoms. The average molecular weight is 387 g/mol. The maximum absolute atomic E-state index is 13.3. The summed E-state index contributed by atoms with van der Waals surface area (Å²) in [5.41, 5.74) is 1.44. The highest BCUT2D eigenvalue weighted by Crippen LogP contribution is 2.19. The molecular formula is C21H22FNO5. The fourth-order valence-electron chi connectivity index (χ4n) is 2.72. The fraction of sp³-hybridized carbons (Fsp3) is 0.286. The van der Waals surface area contributed by atoms with Crippen LogP contribution >= 0.6 is 0 Å². The summed E-state index contributed by atoms with van der Waals surface area (Å²) in [5, 5.41) is 0. The van der Waals surface area contributed by atoms with Crippen molar-refractivity contribution >= 4 is 18.3 Å². The van der Waals surface area contributed by atoms with Gasteiger partial charge >= 0.3 is 6.09 Å². The smallest absolute Gasteiger partial charge is 0.417 e. The molecule has 0 spiro atoms. The minimum absolute atomic E-state index is 0.162. The second-order valence-corrected chi connectivity index (χ2v) is 6.12. The average Bonchev–Trinajstić information content (AvgIpc) is 3.04. The number of imide groups is 1. The van der Waals surface area contributed by atoms with Crippen molar-refractivity contribution in [1.29, 1.82) is 0 Å². The molecule has 1 fully saturated rings. The highest BCUT2D eigenvalue weighted by molar-refractivity contribution is 5.94. The van der Waals surface area contributed by atoms with Crippen LogP contribution in [0.25, 0.3) is 0 Å². The maximum Gasteiger partial charge on any atom is 0.417 e. The minimum Gasteiger partial charge on any atom is -0.484 e. The molecule has 6 nitrogen and oxygen atoms in total. The number of hydrogen-bond acceptors (Lipinski definition) is 5. The first-order chi connectivity index (χ1) is 13.5. The van der Waals surface area contributed by atoms with Crippen molar-refractivity contribution in [2.24, 2.45) is 0 Å². The van der Waals surface area contributed by atoms with Gasteiger partial charge in [0, 0.05) is 0 Å². The van der Waals surface area contributed by atoms with Crippen LogP contribution in [0, 0.1) is 12.7 Å². The van der Waals surface area contributed by atoms with Crippen LogP contribution < -0.4 is 4.74 Å². The summed E-state index contributed by atoms with van der Waals surface area (Å²) in [6.45, 7) is 2.90. The summed E-state index contributed by atoms with van der Waals surface area (Å²) in [5.74, 6) is -0.449. The van der Waals surface area contributed by atoms with E-state index in [1.54, 1.807) is 6.92 Å². The lowest BCUT2D eigenvalue weighted by atomic mass is 10.1. The van der Waals surface area contributed by atoms with E-state index in [-0.39, 0.29) is 25.1 Å². The lowest BCUT2D eigenvalue weighted by Crippen LogP contribution is -2.42. The van der Waals surface area contributed by atoms with Crippen molar-refractivity contribution in [1.82, 2.24) is 4.90 Å². The molecule has 0 radical (unpaired) electrons. The highest BCUT2D eigenvalue weighted by atomic mass is 19.1. The first-order valence-electron chi connectivity index (χ1n) is 8.77. The van der Waals surface area contributed by atoms with Gasteiger partial charge in [-0.25, -0.2) is 14.1 Å². The van der Waals surface area contributed by atoms with Crippen LogP contribution in [0.3, 0.4) is 0 Å². The molecule has 3 rings (SSSR count). The predicted octanol–water partition coefficient (Wildman–Crippen LogP) is 3.31. The van der Waals surface area contributed by atoms with E-state index in [0.717, 1.165) is 16.7 Å². The number of cyclic esters (lactones) is 1. The molecule has 148 valence electrons. The highest BCUT2D eigenvalue weighted by Gasteiger charge is 2.37. The number of carbonyl (C=O) groups excluding carboxylic acids is 3. The van der Waals surface area contributed by atoms with Crippen molar-refractivity contribution in [3.63, 3.8) is 0 Å². The molecule has 0 bridgehead atoms. The van der Waals surface area contributed by atoms with Gasteiger partial charge in [0.25, 0.3) is 5.91 Å². The van der Waals surface area contributed by atoms with Crippen LogP contribution in [-0.2, 0) is 20.7 Å². The van der Waals surface area contributed by atoms with Crippen LogP contribution in [0.2, 0.25) is 0 Å². The lowest BCUT2D eigenvalue weighted by molar-refractivity contribution is -0.131. The molecule has 1 saturated heterocycles. The molecule has 2 aromatic carbocycles. The third-order valence-corrected chi connectivity index (χ3v) is 4.04. The summed E-state index contributed by atoms with van der Waals surface area (Å²) in [4.78, 5) is 34.2. The quantitative estimate of drug-likeness (QED) is 0.736. The summed E-state index contributed by atoms with van der Waals surface area (Å²) in [7, 11) is 0. The van der Waals surface area contributed by atoms with Gasteiger partial charge in [0.2, 0.25) is 0 Å². The lowest BCUT2D eigenvalue weighted by Gasteiger charge is -2.19. The van der Waals surface area contributed by atoms with E-state index in [0.29, 0.717) is 17.7 Å². The number of rotatable bonds is 5. The van der Waals surface area contributed by atoms with Gasteiger partial charge in [0.05, 0.1) is 6.04 Å². The minimum atomic E-state index is -0.662. The molecule has 1 aliphatic heterocycles. The van der Waals surface area contributed by atoms with E-state index in [1.807, 2.05) is 30.3 Å². The third-order valence-electron chi connectivity index (χ3n) is 4.04. The number of aldehydes is 1. The normalized spacial score (nSPS) is 15.3. The van der Waals surface area contributed by atoms with Crippen molar-refractivity contribution in [2.45, 2.75) is 26.3 Å². The zero-order chi connectivity index (χ0) is 20.5. The second kappa shape index (κ2) is 10.2. The Hall–Kier alpha value is -3.22. The number of halogens is 1. The molecule has 2 aromatic rings. The Morgan fingerprint density at radius 1 is 1.29 bits per heavy atom. The number of nitrogens with zero attached hydrogens (tertiary/aromatic N) is 1. The van der Waals surface area contributed by atoms with Gasteiger partial charge in [-0.3, -0.25) is 4.79 Å². The van der Waals surface area contributed by atoms with E-state index >= 15 is 0 Å². The van der Waals surface area contributed by atoms with E-state index in [4.69, 9.17) is 14.3 Å². The van der Waals surface area contributed by atoms with Gasteiger partial charge in [-0.05, 0) is 49.6 Å². The van der Waals surface area contributed by atoms with E-state index < -0.39 is 12.0 Å². The summed E-state index contributed by atoms with van der Waals surface area (Å²) >= 11 is 0. The molecule has 2 amide bonds. The first-order valence-corrected chi connectivity index (χ1v) is 8.77. The molecule has 0 N–H and O–H groups in total. The number of ether oxygens (including phenoxy) is 2. The Bertz CT molecular complexity index is 825. The van der Waals surface area contributed by atoms with Crippen LogP contribution in [0.1, 0.15) is 18.1 Å². The summed E-state index contributed by atoms with van der Waals surface area (Å²) in [6, 6.07) is 13.4. The van der Waals surface area contributed by atoms with Gasteiger partial charge < -0.3 is 14.3 Å². The van der Waals surface area contributed by atoms with Crippen molar-refractivity contribution in [3.05, 3.63) is 65.5 Å². The van der Waals surface area contributed by atoms with Crippen molar-refractivity contribution < 1.29 is 28.2 Å². The van der Waals surface area contributed by atoms with Crippen LogP contribution in [0.4, 0.5) is 9.18 Å². The largest absolute Gasteiger partial charge is 0.484 e. The molecule has 1 aliphatic rings.